The van der Waals surface area contributed by atoms with Gasteiger partial charge in [-0.1, -0.05) is 31.9 Å². The largest absolute Gasteiger partial charge is 1.00 e. The predicted molar refractivity (Wildman–Crippen MR) is 139 cm³/mol. The molecule has 0 N–H and O–H groups in total. The molecule has 9 nitrogen and oxygen atoms in total. The van der Waals surface area contributed by atoms with Crippen LogP contribution in [0.15, 0.2) is 57.5 Å². The first-order valence-electron chi connectivity index (χ1n) is 11.4. The Labute approximate surface area is 327 Å². The van der Waals surface area contributed by atoms with E-state index < -0.39 is 6.16 Å². The Hall–Kier alpha value is 1.38. The molecule has 0 saturated heterocycles. The van der Waals surface area contributed by atoms with Crippen molar-refractivity contribution in [1.29, 1.82) is 0 Å². The molecule has 2 aromatic carbocycles. The molecule has 0 unspecified atom stereocenters. The van der Waals surface area contributed by atoms with Gasteiger partial charge in [0.05, 0.1) is 0 Å². The second-order valence-electron chi connectivity index (χ2n) is 6.46. The van der Waals surface area contributed by atoms with E-state index >= 15 is 0 Å². The first kappa shape index (κ1) is 43.8. The molecule has 13 heteroatoms. The van der Waals surface area contributed by atoms with Gasteiger partial charge in [0.25, 0.3) is 0 Å². The minimum Gasteiger partial charge on any atom is -0.652 e. The van der Waals surface area contributed by atoms with Gasteiger partial charge in [-0.15, -0.1) is 0 Å². The van der Waals surface area contributed by atoms with E-state index in [1.807, 2.05) is 76.2 Å². The van der Waals surface area contributed by atoms with Gasteiger partial charge in [0.2, 0.25) is 0 Å². The van der Waals surface area contributed by atoms with Crippen molar-refractivity contribution in [3.8, 4) is 11.5 Å². The number of carbonyl (C=O) groups is 1. The zero-order chi connectivity index (χ0) is 27.2. The number of ether oxygens (including phenoxy) is 6. The van der Waals surface area contributed by atoms with E-state index in [1.165, 1.54) is 0 Å². The zero-order valence-corrected chi connectivity index (χ0v) is 32.4. The van der Waals surface area contributed by atoms with E-state index in [4.69, 9.17) is 43.4 Å². The third-order valence-electron chi connectivity index (χ3n) is 3.81. The molecule has 0 atom stereocenters. The molecule has 0 amide bonds. The number of hydrogen-bond acceptors (Lipinski definition) is 9. The van der Waals surface area contributed by atoms with Gasteiger partial charge in [-0.05, 0) is 82.4 Å². The Morgan fingerprint density at radius 3 is 1.08 bits per heavy atom. The summed E-state index contributed by atoms with van der Waals surface area (Å²) in [6, 6.07) is 15.4. The summed E-state index contributed by atoms with van der Waals surface area (Å²) in [6.07, 6.45) is -2.92. The Bertz CT molecular complexity index is 723. The maximum atomic E-state index is 8.33. The van der Waals surface area contributed by atoms with E-state index in [1.54, 1.807) is 0 Å². The predicted octanol–water partition coefficient (Wildman–Crippen LogP) is -1.98. The zero-order valence-electron chi connectivity index (χ0n) is 22.9. The number of benzene rings is 2. The van der Waals surface area contributed by atoms with Gasteiger partial charge < -0.3 is 43.4 Å². The van der Waals surface area contributed by atoms with Crippen molar-refractivity contribution >= 4 is 38.0 Å². The maximum Gasteiger partial charge on any atom is 1.00 e. The minimum absolute atomic E-state index is 0. The SMILES string of the molecule is CCOC(COc1ccc(Br)cc1)OCC.CCOC(COc1ccc(Br)cc1)OCC.O=C([O-])[O-].[K+].[K+]. The van der Waals surface area contributed by atoms with Crippen LogP contribution in [0.1, 0.15) is 27.7 Å². The first-order valence-corrected chi connectivity index (χ1v) is 12.9. The molecular weight excluding hydrogens is 682 g/mol. The monoisotopic (exact) mass is 714 g/mol. The van der Waals surface area contributed by atoms with Crippen molar-refractivity contribution < 1.29 is 146 Å². The molecule has 0 saturated carbocycles. The standard InChI is InChI=1S/2C12H17BrO3.CH2O3.2K/c2*1-3-14-12(15-4-2)9-16-11-7-5-10(13)6-8-11;2-1(3)4;;/h2*5-8,12H,3-4,9H2,1-2H3;(H2,2,3,4);;/q;;;2*+1/p-2. The average molecular weight is 717 g/mol. The molecule has 2 rings (SSSR count). The molecule has 0 fully saturated rings. The van der Waals surface area contributed by atoms with Crippen molar-refractivity contribution in [3.05, 3.63) is 57.5 Å². The van der Waals surface area contributed by atoms with Crippen molar-refractivity contribution in [3.63, 3.8) is 0 Å². The molecule has 0 radical (unpaired) electrons. The fourth-order valence-electron chi connectivity index (χ4n) is 2.42. The van der Waals surface area contributed by atoms with Crippen LogP contribution in [0.2, 0.25) is 0 Å². The molecule has 0 spiro atoms. The van der Waals surface area contributed by atoms with Crippen molar-refractivity contribution in [2.45, 2.75) is 40.3 Å². The van der Waals surface area contributed by atoms with Crippen molar-refractivity contribution in [2.75, 3.05) is 39.6 Å². The summed E-state index contributed by atoms with van der Waals surface area (Å²) >= 11 is 6.74. The molecule has 0 aliphatic heterocycles. The van der Waals surface area contributed by atoms with Crippen molar-refractivity contribution in [2.24, 2.45) is 0 Å². The van der Waals surface area contributed by atoms with Gasteiger partial charge in [0, 0.05) is 35.4 Å². The third kappa shape index (κ3) is 26.3. The number of halogens is 2. The second kappa shape index (κ2) is 29.9. The minimum atomic E-state index is -2.33. The summed E-state index contributed by atoms with van der Waals surface area (Å²) in [5.74, 6) is 1.63. The van der Waals surface area contributed by atoms with E-state index in [9.17, 15) is 0 Å². The quantitative estimate of drug-likeness (QED) is 0.162. The summed E-state index contributed by atoms with van der Waals surface area (Å²) in [6.45, 7) is 11.0. The van der Waals surface area contributed by atoms with Gasteiger partial charge in [-0.3, -0.25) is 0 Å². The molecule has 0 aliphatic carbocycles. The fourth-order valence-corrected chi connectivity index (χ4v) is 2.95. The fraction of sp³-hybridized carbons (Fsp3) is 0.480. The number of hydrogen-bond donors (Lipinski definition) is 0. The van der Waals surface area contributed by atoms with Crippen LogP contribution in [0.3, 0.4) is 0 Å². The third-order valence-corrected chi connectivity index (χ3v) is 4.87. The molecule has 0 aliphatic rings. The number of carbonyl (C=O) groups excluding carboxylic acids is 1. The summed E-state index contributed by atoms with van der Waals surface area (Å²) in [4.78, 5) is 8.33. The van der Waals surface area contributed by atoms with Crippen LogP contribution in [0.4, 0.5) is 4.79 Å². The first-order chi connectivity index (χ1) is 17.2. The van der Waals surface area contributed by atoms with Crippen LogP contribution < -0.4 is 122 Å². The van der Waals surface area contributed by atoms with Gasteiger partial charge in [0.1, 0.15) is 24.7 Å². The van der Waals surface area contributed by atoms with E-state index in [0.29, 0.717) is 39.6 Å². The van der Waals surface area contributed by atoms with Gasteiger partial charge in [-0.2, -0.15) is 0 Å². The van der Waals surface area contributed by atoms with Gasteiger partial charge >= 0.3 is 103 Å². The van der Waals surface area contributed by atoms with Gasteiger partial charge in [-0.25, -0.2) is 0 Å². The molecule has 204 valence electrons. The van der Waals surface area contributed by atoms with Gasteiger partial charge in [0.15, 0.2) is 12.6 Å². The van der Waals surface area contributed by atoms with Crippen LogP contribution in [0, 0.1) is 0 Å². The van der Waals surface area contributed by atoms with Crippen molar-refractivity contribution in [1.82, 2.24) is 0 Å². The van der Waals surface area contributed by atoms with E-state index in [-0.39, 0.29) is 115 Å². The van der Waals surface area contributed by atoms with E-state index in [2.05, 4.69) is 31.9 Å². The Kier molecular flexibility index (Phi) is 34.4. The molecule has 2 aromatic rings. The average Bonchev–Trinajstić information content (AvgIpc) is 2.84. The maximum absolute atomic E-state index is 8.33. The summed E-state index contributed by atoms with van der Waals surface area (Å²) in [5, 5.41) is 16.7. The Morgan fingerprint density at radius 2 is 0.868 bits per heavy atom. The molecular formula is C25H34Br2K2O9. The summed E-state index contributed by atoms with van der Waals surface area (Å²) in [5.41, 5.74) is 0. The van der Waals surface area contributed by atoms with E-state index in [0.717, 1.165) is 20.4 Å². The van der Waals surface area contributed by atoms with Crippen LogP contribution in [0.5, 0.6) is 11.5 Å². The van der Waals surface area contributed by atoms with Crippen LogP contribution in [0.25, 0.3) is 0 Å². The molecule has 0 aromatic heterocycles. The van der Waals surface area contributed by atoms with Crippen LogP contribution in [-0.4, -0.2) is 58.4 Å². The van der Waals surface area contributed by atoms with Crippen LogP contribution in [-0.2, 0) is 18.9 Å². The van der Waals surface area contributed by atoms with Crippen LogP contribution >= 0.6 is 31.9 Å². The summed E-state index contributed by atoms with van der Waals surface area (Å²) in [7, 11) is 0. The molecule has 0 heterocycles. The number of rotatable bonds is 14. The smallest absolute Gasteiger partial charge is 0.652 e. The molecule has 38 heavy (non-hydrogen) atoms. The second-order valence-corrected chi connectivity index (χ2v) is 8.29. The normalized spacial score (nSPS) is 9.68. The molecule has 0 bridgehead atoms. The topological polar surface area (TPSA) is 119 Å². The summed E-state index contributed by atoms with van der Waals surface area (Å²) < 4.78 is 34.7. The Balaban J connectivity index is -0.000000540. The number of carboxylic acid groups (broad SMARTS) is 2. The Morgan fingerprint density at radius 1 is 0.632 bits per heavy atom.